The van der Waals surface area contributed by atoms with Crippen LogP contribution in [0.5, 0.6) is 6.01 Å². The number of carbonyl (C=O) groups is 3. The second-order valence-electron chi connectivity index (χ2n) is 31.5. The fourth-order valence-electron chi connectivity index (χ4n) is 18.1. The third-order valence-corrected chi connectivity index (χ3v) is 24.2. The number of aromatic amines is 1. The van der Waals surface area contributed by atoms with Crippen LogP contribution in [0, 0.1) is 40.5 Å². The van der Waals surface area contributed by atoms with E-state index in [-0.39, 0.29) is 62.4 Å². The molecular weight excluding hydrogens is 1470 g/mol. The maximum Gasteiger partial charge on any atom is 0.318 e. The third-order valence-electron chi connectivity index (χ3n) is 24.2. The van der Waals surface area contributed by atoms with Crippen LogP contribution in [0.3, 0.4) is 0 Å². The van der Waals surface area contributed by atoms with E-state index in [1.54, 1.807) is 14.7 Å². The predicted octanol–water partition coefficient (Wildman–Crippen LogP) is 11.9. The molecule has 0 bridgehead atoms. The summed E-state index contributed by atoms with van der Waals surface area (Å²) in [4.78, 5) is 101. The van der Waals surface area contributed by atoms with Crippen molar-refractivity contribution in [3.8, 4) is 6.01 Å². The number of benzene rings is 5. The molecule has 7 aliphatic heterocycles. The Bertz CT molecular complexity index is 5250. The Hall–Kier alpha value is -11.6. The minimum absolute atomic E-state index is 0. The molecule has 16 rings (SSSR count). The lowest BCUT2D eigenvalue weighted by Gasteiger charge is -2.41. The van der Waals surface area contributed by atoms with Gasteiger partial charge in [0.2, 0.25) is 37.4 Å². The summed E-state index contributed by atoms with van der Waals surface area (Å²) in [7, 11) is 6.32. The van der Waals surface area contributed by atoms with Crippen molar-refractivity contribution in [2.24, 2.45) is 0 Å². The highest BCUT2D eigenvalue weighted by Gasteiger charge is 2.39. The number of carbonyl (C=O) groups excluding carboxylic acids is 3. The lowest BCUT2D eigenvalue weighted by Crippen LogP contribution is -2.56. The molecule has 3 amide bonds. The van der Waals surface area contributed by atoms with Crippen LogP contribution in [0.4, 0.5) is 34.4 Å². The van der Waals surface area contributed by atoms with E-state index >= 15 is 0 Å². The highest BCUT2D eigenvalue weighted by molar-refractivity contribution is 7.59. The average molecular weight is 1580 g/mol. The maximum atomic E-state index is 12.5. The van der Waals surface area contributed by atoms with Crippen LogP contribution in [-0.4, -0.2) is 235 Å². The molecule has 0 saturated carbocycles. The van der Waals surface area contributed by atoms with Crippen molar-refractivity contribution >= 4 is 98.1 Å². The quantitative estimate of drug-likeness (QED) is 0.0594. The first-order valence-corrected chi connectivity index (χ1v) is 40.5. The van der Waals surface area contributed by atoms with Gasteiger partial charge in [-0.3, -0.25) is 19.4 Å². The van der Waals surface area contributed by atoms with E-state index in [0.29, 0.717) is 84.1 Å². The van der Waals surface area contributed by atoms with Gasteiger partial charge in [0, 0.05) is 165 Å². The summed E-state index contributed by atoms with van der Waals surface area (Å²) in [5.74, 6) is 2.41. The van der Waals surface area contributed by atoms with Crippen molar-refractivity contribution in [1.29, 1.82) is 0 Å². The van der Waals surface area contributed by atoms with Crippen molar-refractivity contribution in [1.82, 2.24) is 54.4 Å². The molecule has 11 heterocycles. The number of nitrogens with zero attached hydrogens (tertiary/aromatic N) is 19. The van der Waals surface area contributed by atoms with Crippen molar-refractivity contribution in [3.63, 3.8) is 0 Å². The summed E-state index contributed by atoms with van der Waals surface area (Å²) in [5, 5.41) is 6.30. The second-order valence-corrected chi connectivity index (χ2v) is 31.5. The van der Waals surface area contributed by atoms with Crippen molar-refractivity contribution in [2.75, 3.05) is 168 Å². The monoisotopic (exact) mass is 1580 g/mol. The van der Waals surface area contributed by atoms with E-state index in [4.69, 9.17) is 49.4 Å². The number of aryl methyl sites for hydroxylation is 3. The van der Waals surface area contributed by atoms with E-state index in [1.165, 1.54) is 102 Å². The van der Waals surface area contributed by atoms with Crippen LogP contribution in [0.2, 0.25) is 0 Å². The number of hydrogen-bond donors (Lipinski definition) is 1. The maximum absolute atomic E-state index is 12.5. The van der Waals surface area contributed by atoms with E-state index in [9.17, 15) is 14.4 Å². The molecule has 0 aliphatic carbocycles. The molecule has 602 valence electrons. The van der Waals surface area contributed by atoms with E-state index in [0.717, 1.165) is 137 Å². The number of nitrogens with one attached hydrogen (secondary N) is 1. The molecule has 116 heavy (non-hydrogen) atoms. The first-order chi connectivity index (χ1) is 56.0. The molecule has 25 heteroatoms. The molecule has 1 unspecified atom stereocenters. The minimum atomic E-state index is -0.222. The average Bonchev–Trinajstić information content (AvgIpc) is 1.18. The molecule has 4 aromatic heterocycles. The van der Waals surface area contributed by atoms with Gasteiger partial charge >= 0.3 is 6.01 Å². The zero-order valence-corrected chi connectivity index (χ0v) is 69.0. The summed E-state index contributed by atoms with van der Waals surface area (Å²) >= 11 is 0. The Kier molecular flexibility index (Phi) is 26.6. The number of ether oxygens (including phenoxy) is 1. The number of H-pyrrole nitrogens is 1. The van der Waals surface area contributed by atoms with Crippen LogP contribution in [0.25, 0.3) is 47.0 Å². The zero-order valence-electron chi connectivity index (χ0n) is 68.0. The lowest BCUT2D eigenvalue weighted by atomic mass is 9.98. The van der Waals surface area contributed by atoms with E-state index < -0.39 is 0 Å². The first-order valence-electron chi connectivity index (χ1n) is 40.5. The van der Waals surface area contributed by atoms with Crippen molar-refractivity contribution in [2.45, 2.75) is 110 Å². The first kappa shape index (κ1) is 82.4. The third kappa shape index (κ3) is 17.8. The minimum Gasteiger partial charge on any atom is -0.462 e. The highest BCUT2D eigenvalue weighted by atomic mass is 32.1. The van der Waals surface area contributed by atoms with Crippen molar-refractivity contribution in [3.05, 3.63) is 238 Å². The molecule has 1 N–H and O–H groups in total. The molecule has 5 aromatic carbocycles. The predicted molar refractivity (Wildman–Crippen MR) is 470 cm³/mol. The van der Waals surface area contributed by atoms with E-state index in [2.05, 4.69) is 217 Å². The molecule has 7 aliphatic rings. The molecule has 0 spiro atoms. The van der Waals surface area contributed by atoms with Crippen LogP contribution >= 0.6 is 13.5 Å². The van der Waals surface area contributed by atoms with Crippen LogP contribution < -0.4 is 34.1 Å². The number of likely N-dealkylation sites (tertiary alicyclic amines) is 1. The molecule has 4 atom stereocenters. The summed E-state index contributed by atoms with van der Waals surface area (Å²) in [6.07, 6.45) is 14.6. The summed E-state index contributed by atoms with van der Waals surface area (Å²) in [6, 6.07) is 34.8. The Morgan fingerprint density at radius 1 is 0.560 bits per heavy atom. The standard InChI is InChI=1S/C32H40N8O2.C31H37N7O.C28H29N5O.H2S/c1-6-29(41)40-15-14-39(18-24(40)17-33-4)31-26-10-13-38(30-22(3)21(2)16-27-25(30)9-11-34-27)19-28(26)35-32(36-31)42-20-23-8-7-12-37(23)5;1-5-30(39)38-19-18-37(21-24(38)20-32-2)31-26-15-17-36(28-13-8-11-23-10-6-7-12-25(23)28)22-27(26)33-29(34-31)14-9-16-35(3)4;1-4-27(34)33-16-15-32(18-22(33)17-29-3)25-11-13-30-24-19-31(14-12-23(24)25)26-10-6-9-21-8-5-7-20(2)28(21)26;/h6,9,11,16,23-24,34H,1,7-8,10,12-15,17-20H2,2-3,5H3;5-8,10-13,24H,1,9,14-22H2,3-4H3;4-11,13,22H,1,12,14-19H2,2H3;1H2/t23?,24-;24-;22-;/m000./s1. The fraction of sp³-hybridized carbons (Fsp3) is 0.418. The molecule has 0 radical (unpaired) electrons. The second kappa shape index (κ2) is 37.4. The Morgan fingerprint density at radius 2 is 1.11 bits per heavy atom. The molecule has 24 nitrogen and oxygen atoms in total. The van der Waals surface area contributed by atoms with Gasteiger partial charge in [0.25, 0.3) is 0 Å². The van der Waals surface area contributed by atoms with Gasteiger partial charge in [-0.2, -0.15) is 23.5 Å². The summed E-state index contributed by atoms with van der Waals surface area (Å²) in [6.45, 7) is 53.6. The SMILES string of the molecule is S.[C-]#[N+]C[C@H]1CN(c2ccnc3c2CCN(c2cccc4cccc(C)c24)C3)CCN1C(=O)C=C.[C-]#[N+]C[C@H]1CN(c2nc(CCCN(C)C)nc3c2CCN(c2cccc4ccccc24)C3)CCN1C(=O)C=C.[C-]#[N+]C[C@H]1CN(c2nc(OCC3CCCN3C)nc3c2CCN(c2c(C)c(C)cc4[nH]ccc24)C3)CCN1C(=O)C=C. The number of anilines is 6. The number of fused-ring (bicyclic) bond motifs is 6. The molecule has 4 fully saturated rings. The van der Waals surface area contributed by atoms with Gasteiger partial charge in [-0.05, 0) is 170 Å². The fourth-order valence-corrected chi connectivity index (χ4v) is 18.1. The van der Waals surface area contributed by atoms with Gasteiger partial charge < -0.3 is 78.2 Å². The normalized spacial score (nSPS) is 18.6. The molecule has 4 saturated heterocycles. The number of likely N-dealkylation sites (N-methyl/N-ethyl adjacent to an activating group) is 1. The Labute approximate surface area is 689 Å². The number of rotatable bonds is 19. The number of hydrogen-bond acceptors (Lipinski definition) is 17. The largest absolute Gasteiger partial charge is 0.462 e. The Morgan fingerprint density at radius 3 is 1.74 bits per heavy atom. The van der Waals surface area contributed by atoms with Crippen molar-refractivity contribution < 1.29 is 19.1 Å². The van der Waals surface area contributed by atoms with Gasteiger partial charge in [0.05, 0.1) is 36.7 Å². The summed E-state index contributed by atoms with van der Waals surface area (Å²) < 4.78 is 6.31. The summed E-state index contributed by atoms with van der Waals surface area (Å²) in [5.41, 5.74) is 16.7. The van der Waals surface area contributed by atoms with Gasteiger partial charge in [-0.25, -0.2) is 29.7 Å². The van der Waals surface area contributed by atoms with Crippen LogP contribution in [0.15, 0.2) is 147 Å². The van der Waals surface area contributed by atoms with Crippen LogP contribution in [0.1, 0.15) is 75.5 Å². The number of pyridine rings is 1. The highest BCUT2D eigenvalue weighted by Crippen LogP contribution is 2.41. The van der Waals surface area contributed by atoms with Gasteiger partial charge in [0.15, 0.2) is 0 Å². The Balaban J connectivity index is 0.000000151. The van der Waals surface area contributed by atoms with Crippen LogP contribution in [-0.2, 0) is 59.7 Å². The smallest absolute Gasteiger partial charge is 0.318 e. The molecule has 9 aromatic rings. The zero-order chi connectivity index (χ0) is 80.4. The number of amides is 3. The molecular formula is C91H108N20O4S. The van der Waals surface area contributed by atoms with Gasteiger partial charge in [-0.1, -0.05) is 86.5 Å². The topological polar surface area (TPSA) is 189 Å². The van der Waals surface area contributed by atoms with E-state index in [1.807, 2.05) is 12.4 Å². The number of aromatic nitrogens is 6. The van der Waals surface area contributed by atoms with Gasteiger partial charge in [0.1, 0.15) is 42.2 Å². The lowest BCUT2D eigenvalue weighted by molar-refractivity contribution is -0.129. The van der Waals surface area contributed by atoms with Gasteiger partial charge in [-0.15, -0.1) is 0 Å². The number of piperazine rings is 3.